The van der Waals surface area contributed by atoms with E-state index in [9.17, 15) is 39.3 Å². The molecule has 55 heavy (non-hydrogen) atoms. The summed E-state index contributed by atoms with van der Waals surface area (Å²) in [7, 11) is 1.16. The highest BCUT2D eigenvalue weighted by molar-refractivity contribution is 9.10. The summed E-state index contributed by atoms with van der Waals surface area (Å²) in [6, 6.07) is 0. The quantitative estimate of drug-likeness (QED) is 0.136. The fraction of sp³-hybridized carbons (Fsp3) is 0.341. The Balaban J connectivity index is 1.74. The number of phenols is 1. The molecule has 3 aromatic rings. The Morgan fingerprint density at radius 1 is 0.709 bits per heavy atom. The number of hydrogen-bond donors (Lipinski definition) is 3. The van der Waals surface area contributed by atoms with Crippen molar-refractivity contribution in [3.63, 3.8) is 0 Å². The number of carboxylic acid groups (broad SMARTS) is 1. The minimum absolute atomic E-state index is 0.0733. The summed E-state index contributed by atoms with van der Waals surface area (Å²) in [5.41, 5.74) is -0.545. The van der Waals surface area contributed by atoms with Crippen molar-refractivity contribution in [2.45, 2.75) is 87.7 Å². The third-order valence-electron chi connectivity index (χ3n) is 10.3. The number of carbonyl (C=O) groups is 5. The van der Waals surface area contributed by atoms with Crippen molar-refractivity contribution in [3.05, 3.63) is 101 Å². The summed E-state index contributed by atoms with van der Waals surface area (Å²) >= 11 is 3.16. The molecule has 1 aliphatic rings. The second-order valence-corrected chi connectivity index (χ2v) is 14.0. The number of carboxylic acids is 1. The van der Waals surface area contributed by atoms with Crippen molar-refractivity contribution < 1.29 is 62.6 Å². The standard InChI is InChI=1S/C41H42BrFO12/c1-12-25-21(8)28(37(46)47)17(4)19(6)34(25)53-38(48)29-22(9)26(13-2)36(32(43)23(29)10)54-39(49)30-18(5)20(7)35(31(42)33(30)45)55-40(50)41(51)16(3)14-24(44)15-27(41)52-11/h14-15,45,51H,12-13H2,1-11H3,(H,46,47)/t41-/m1/s1. The first kappa shape index (κ1) is 42.4. The zero-order valence-electron chi connectivity index (χ0n) is 32.3. The lowest BCUT2D eigenvalue weighted by molar-refractivity contribution is -0.151. The number of ketones is 1. The number of aromatic hydroxyl groups is 1. The average molecular weight is 826 g/mol. The minimum Gasteiger partial charge on any atom is -0.506 e. The molecule has 3 aromatic carbocycles. The number of benzene rings is 3. The summed E-state index contributed by atoms with van der Waals surface area (Å²) in [4.78, 5) is 65.0. The first-order valence-corrected chi connectivity index (χ1v) is 18.0. The number of carbonyl (C=O) groups excluding carboxylic acids is 4. The Labute approximate surface area is 325 Å². The molecule has 0 aromatic heterocycles. The lowest BCUT2D eigenvalue weighted by atomic mass is 9.87. The zero-order valence-corrected chi connectivity index (χ0v) is 33.9. The lowest BCUT2D eigenvalue weighted by Gasteiger charge is -2.30. The van der Waals surface area contributed by atoms with Gasteiger partial charge in [-0.3, -0.25) is 4.79 Å². The molecule has 0 bridgehead atoms. The monoisotopic (exact) mass is 824 g/mol. The number of ether oxygens (including phenoxy) is 4. The zero-order chi connectivity index (χ0) is 41.6. The Morgan fingerprint density at radius 2 is 1.20 bits per heavy atom. The van der Waals surface area contributed by atoms with Crippen LogP contribution in [0.5, 0.6) is 23.0 Å². The maximum Gasteiger partial charge on any atom is 0.356 e. The van der Waals surface area contributed by atoms with E-state index in [1.54, 1.807) is 41.5 Å². The summed E-state index contributed by atoms with van der Waals surface area (Å²) in [6.07, 6.45) is 2.45. The Bertz CT molecular complexity index is 2250. The molecule has 292 valence electrons. The fourth-order valence-electron chi connectivity index (χ4n) is 6.92. The topological polar surface area (TPSA) is 183 Å². The molecular formula is C41H42BrFO12. The van der Waals surface area contributed by atoms with Crippen molar-refractivity contribution in [3.8, 4) is 23.0 Å². The van der Waals surface area contributed by atoms with Crippen LogP contribution in [0.2, 0.25) is 0 Å². The van der Waals surface area contributed by atoms with Crippen LogP contribution in [0.15, 0.2) is 28.0 Å². The van der Waals surface area contributed by atoms with Crippen molar-refractivity contribution >= 4 is 45.6 Å². The highest BCUT2D eigenvalue weighted by Gasteiger charge is 2.48. The van der Waals surface area contributed by atoms with Gasteiger partial charge in [-0.25, -0.2) is 23.6 Å². The minimum atomic E-state index is -2.47. The highest BCUT2D eigenvalue weighted by atomic mass is 79.9. The van der Waals surface area contributed by atoms with Gasteiger partial charge in [0.15, 0.2) is 23.1 Å². The molecule has 4 rings (SSSR count). The Kier molecular flexibility index (Phi) is 12.2. The van der Waals surface area contributed by atoms with Crippen LogP contribution in [0.3, 0.4) is 0 Å². The number of esters is 3. The van der Waals surface area contributed by atoms with E-state index in [0.717, 1.165) is 19.3 Å². The molecule has 3 N–H and O–H groups in total. The van der Waals surface area contributed by atoms with Crippen LogP contribution in [0.25, 0.3) is 0 Å². The van der Waals surface area contributed by atoms with Gasteiger partial charge in [-0.1, -0.05) is 13.8 Å². The number of allylic oxidation sites excluding steroid dienone is 2. The number of phenolic OH excluding ortho intramolecular Hbond substituents is 1. The summed E-state index contributed by atoms with van der Waals surface area (Å²) in [5, 5.41) is 32.3. The van der Waals surface area contributed by atoms with Gasteiger partial charge in [0.1, 0.15) is 27.3 Å². The van der Waals surface area contributed by atoms with Crippen LogP contribution in [0, 0.1) is 54.3 Å². The molecular weight excluding hydrogens is 783 g/mol. The van der Waals surface area contributed by atoms with Crippen LogP contribution < -0.4 is 14.2 Å². The van der Waals surface area contributed by atoms with Gasteiger partial charge in [-0.15, -0.1) is 0 Å². The lowest BCUT2D eigenvalue weighted by Crippen LogP contribution is -2.47. The molecule has 0 radical (unpaired) electrons. The second-order valence-electron chi connectivity index (χ2n) is 13.3. The van der Waals surface area contributed by atoms with Crippen molar-refractivity contribution in [2.75, 3.05) is 7.11 Å². The maximum atomic E-state index is 16.3. The summed E-state index contributed by atoms with van der Waals surface area (Å²) in [6.45, 7) is 15.5. The molecule has 1 atom stereocenters. The molecule has 1 aliphatic carbocycles. The number of aliphatic hydroxyl groups is 1. The van der Waals surface area contributed by atoms with E-state index in [-0.39, 0.29) is 72.7 Å². The van der Waals surface area contributed by atoms with Gasteiger partial charge in [0.25, 0.3) is 0 Å². The van der Waals surface area contributed by atoms with Gasteiger partial charge in [-0.2, -0.15) is 0 Å². The van der Waals surface area contributed by atoms with Crippen LogP contribution in [0.1, 0.15) is 102 Å². The molecule has 0 saturated heterocycles. The van der Waals surface area contributed by atoms with E-state index in [1.165, 1.54) is 27.7 Å². The molecule has 14 heteroatoms. The number of methoxy groups -OCH3 is 1. The number of hydrogen-bond acceptors (Lipinski definition) is 11. The van der Waals surface area contributed by atoms with Crippen LogP contribution in [0.4, 0.5) is 4.39 Å². The van der Waals surface area contributed by atoms with Gasteiger partial charge in [0.2, 0.25) is 5.60 Å². The average Bonchev–Trinajstić information content (AvgIpc) is 3.11. The highest BCUT2D eigenvalue weighted by Crippen LogP contribution is 2.45. The van der Waals surface area contributed by atoms with E-state index < -0.39 is 58.1 Å². The molecule has 0 fully saturated rings. The number of rotatable bonds is 10. The first-order chi connectivity index (χ1) is 25.6. The van der Waals surface area contributed by atoms with Gasteiger partial charge in [0, 0.05) is 17.2 Å². The van der Waals surface area contributed by atoms with Gasteiger partial charge >= 0.3 is 23.9 Å². The SMILES string of the molecule is CCc1c(C)c(C(=O)O)c(C)c(C)c1OC(=O)c1c(C)c(F)c(OC(=O)c2c(C)c(C)c(OC(=O)[C@@]3(O)C(C)=CC(=O)C=C3OC)c(Br)c2O)c(CC)c1C. The van der Waals surface area contributed by atoms with Gasteiger partial charge in [0.05, 0.1) is 18.2 Å². The number of halogens is 2. The third-order valence-corrected chi connectivity index (χ3v) is 11.0. The van der Waals surface area contributed by atoms with E-state index in [0.29, 0.717) is 28.7 Å². The van der Waals surface area contributed by atoms with Crippen LogP contribution >= 0.6 is 15.9 Å². The third kappa shape index (κ3) is 7.04. The Hall–Kier alpha value is -5.34. The van der Waals surface area contributed by atoms with E-state index >= 15 is 4.39 Å². The van der Waals surface area contributed by atoms with Crippen molar-refractivity contribution in [2.24, 2.45) is 0 Å². The van der Waals surface area contributed by atoms with Crippen molar-refractivity contribution in [1.29, 1.82) is 0 Å². The predicted molar refractivity (Wildman–Crippen MR) is 202 cm³/mol. The summed E-state index contributed by atoms with van der Waals surface area (Å²) < 4.78 is 38.2. The van der Waals surface area contributed by atoms with E-state index in [2.05, 4.69) is 15.9 Å². The van der Waals surface area contributed by atoms with Gasteiger partial charge in [-0.05, 0) is 135 Å². The van der Waals surface area contributed by atoms with E-state index in [1.807, 2.05) is 0 Å². The molecule has 0 amide bonds. The van der Waals surface area contributed by atoms with Crippen LogP contribution in [-0.4, -0.2) is 57.7 Å². The first-order valence-electron chi connectivity index (χ1n) is 17.2. The van der Waals surface area contributed by atoms with Gasteiger partial charge < -0.3 is 34.3 Å². The second kappa shape index (κ2) is 15.8. The molecule has 0 heterocycles. The van der Waals surface area contributed by atoms with E-state index in [4.69, 9.17) is 18.9 Å². The molecule has 0 unspecified atom stereocenters. The molecule has 12 nitrogen and oxygen atoms in total. The largest absolute Gasteiger partial charge is 0.506 e. The normalized spacial score (nSPS) is 15.3. The number of aromatic carboxylic acids is 1. The fourth-order valence-corrected chi connectivity index (χ4v) is 7.50. The molecule has 0 aliphatic heterocycles. The smallest absolute Gasteiger partial charge is 0.356 e. The molecule has 0 spiro atoms. The Morgan fingerprint density at radius 3 is 1.75 bits per heavy atom. The summed E-state index contributed by atoms with van der Waals surface area (Å²) in [5.74, 6) is -7.60. The molecule has 0 saturated carbocycles. The maximum absolute atomic E-state index is 16.3. The van der Waals surface area contributed by atoms with Crippen LogP contribution in [-0.2, 0) is 27.2 Å². The predicted octanol–water partition coefficient (Wildman–Crippen LogP) is 7.41. The van der Waals surface area contributed by atoms with Crippen molar-refractivity contribution in [1.82, 2.24) is 0 Å².